The molecule has 0 saturated carbocycles. The van der Waals surface area contributed by atoms with Crippen molar-refractivity contribution >= 4 is 21.6 Å². The van der Waals surface area contributed by atoms with E-state index in [2.05, 4.69) is 30.4 Å². The van der Waals surface area contributed by atoms with E-state index < -0.39 is 10.0 Å². The van der Waals surface area contributed by atoms with Gasteiger partial charge in [0.05, 0.1) is 18.0 Å². The zero-order valence-corrected chi connectivity index (χ0v) is 20.6. The Morgan fingerprint density at radius 2 is 1.78 bits per heavy atom. The smallest absolute Gasteiger partial charge is 0.232 e. The number of sulfonamides is 1. The number of anilines is 1. The Bertz CT molecular complexity index is 1060. The second kappa shape index (κ2) is 10.5. The molecule has 1 atom stereocenters. The number of benzene rings is 2. The first-order valence-electron chi connectivity index (χ1n) is 11.6. The lowest BCUT2D eigenvalue weighted by atomic mass is 9.89. The molecule has 1 amide bonds. The minimum absolute atomic E-state index is 0.0141. The molecule has 1 aliphatic rings. The van der Waals surface area contributed by atoms with Crippen LogP contribution in [-0.4, -0.2) is 27.1 Å². The molecule has 0 aliphatic heterocycles. The average Bonchev–Trinajstić information content (AvgIpc) is 2.76. The van der Waals surface area contributed by atoms with Gasteiger partial charge in [0.15, 0.2) is 0 Å². The first-order chi connectivity index (χ1) is 15.2. The van der Waals surface area contributed by atoms with Gasteiger partial charge in [0.2, 0.25) is 15.9 Å². The predicted octanol–water partition coefficient (Wildman–Crippen LogP) is 5.00. The summed E-state index contributed by atoms with van der Waals surface area (Å²) >= 11 is 0. The van der Waals surface area contributed by atoms with Crippen molar-refractivity contribution < 1.29 is 13.2 Å². The quantitative estimate of drug-likeness (QED) is 0.578. The van der Waals surface area contributed by atoms with E-state index in [0.29, 0.717) is 18.5 Å². The van der Waals surface area contributed by atoms with Crippen LogP contribution in [0.1, 0.15) is 72.9 Å². The van der Waals surface area contributed by atoms with Crippen LogP contribution in [0.15, 0.2) is 36.4 Å². The van der Waals surface area contributed by atoms with E-state index in [1.165, 1.54) is 34.5 Å². The Morgan fingerprint density at radius 1 is 1.06 bits per heavy atom. The molecule has 1 aliphatic carbocycles. The summed E-state index contributed by atoms with van der Waals surface area (Å²) in [7, 11) is -3.43. The SMILES string of the molecule is CC[C@H](NC(=O)CCCN(c1cc(C)ccc1C)S(C)(=O)=O)c1ccc2c(c1)CCCC2. The van der Waals surface area contributed by atoms with Crippen LogP contribution >= 0.6 is 0 Å². The van der Waals surface area contributed by atoms with Gasteiger partial charge in [-0.25, -0.2) is 8.42 Å². The maximum Gasteiger partial charge on any atom is 0.232 e. The molecule has 2 aromatic rings. The summed E-state index contributed by atoms with van der Waals surface area (Å²) in [5, 5.41) is 3.16. The molecule has 0 bridgehead atoms. The molecule has 0 fully saturated rings. The van der Waals surface area contributed by atoms with E-state index in [0.717, 1.165) is 36.0 Å². The van der Waals surface area contributed by atoms with Crippen molar-refractivity contribution in [2.24, 2.45) is 0 Å². The van der Waals surface area contributed by atoms with Gasteiger partial charge in [0.25, 0.3) is 0 Å². The molecule has 3 rings (SSSR count). The minimum atomic E-state index is -3.43. The van der Waals surface area contributed by atoms with Crippen molar-refractivity contribution in [1.29, 1.82) is 0 Å². The van der Waals surface area contributed by atoms with Gasteiger partial charge in [-0.1, -0.05) is 37.3 Å². The van der Waals surface area contributed by atoms with Crippen LogP contribution in [0.25, 0.3) is 0 Å². The predicted molar refractivity (Wildman–Crippen MR) is 132 cm³/mol. The van der Waals surface area contributed by atoms with E-state index in [1.54, 1.807) is 0 Å². The monoisotopic (exact) mass is 456 g/mol. The van der Waals surface area contributed by atoms with Crippen LogP contribution in [0.4, 0.5) is 5.69 Å². The third-order valence-corrected chi connectivity index (χ3v) is 7.50. The maximum absolute atomic E-state index is 12.7. The summed E-state index contributed by atoms with van der Waals surface area (Å²) in [6, 6.07) is 12.4. The zero-order valence-electron chi connectivity index (χ0n) is 19.8. The summed E-state index contributed by atoms with van der Waals surface area (Å²) < 4.78 is 26.3. The third kappa shape index (κ3) is 6.12. The van der Waals surface area contributed by atoms with Crippen molar-refractivity contribution in [2.75, 3.05) is 17.1 Å². The van der Waals surface area contributed by atoms with Crippen molar-refractivity contribution in [1.82, 2.24) is 5.32 Å². The van der Waals surface area contributed by atoms with Crippen molar-refractivity contribution in [3.63, 3.8) is 0 Å². The lowest BCUT2D eigenvalue weighted by molar-refractivity contribution is -0.121. The molecule has 5 nitrogen and oxygen atoms in total. The normalized spacial score (nSPS) is 14.5. The Hall–Kier alpha value is -2.34. The summed E-state index contributed by atoms with van der Waals surface area (Å²) in [6.07, 6.45) is 7.55. The Kier molecular flexibility index (Phi) is 7.99. The van der Waals surface area contributed by atoms with Gasteiger partial charge in [-0.3, -0.25) is 9.10 Å². The van der Waals surface area contributed by atoms with E-state index >= 15 is 0 Å². The number of carbonyl (C=O) groups excluding carboxylic acids is 1. The van der Waals surface area contributed by atoms with E-state index in [9.17, 15) is 13.2 Å². The summed E-state index contributed by atoms with van der Waals surface area (Å²) in [5.74, 6) is -0.0380. The highest BCUT2D eigenvalue weighted by Crippen LogP contribution is 2.27. The Morgan fingerprint density at radius 3 is 2.47 bits per heavy atom. The van der Waals surface area contributed by atoms with Crippen LogP contribution in [0, 0.1) is 13.8 Å². The second-order valence-electron chi connectivity index (χ2n) is 8.99. The zero-order chi connectivity index (χ0) is 23.3. The average molecular weight is 457 g/mol. The number of hydrogen-bond acceptors (Lipinski definition) is 3. The molecule has 2 aromatic carbocycles. The minimum Gasteiger partial charge on any atom is -0.349 e. The first kappa shape index (κ1) is 24.3. The molecule has 0 spiro atoms. The fourth-order valence-corrected chi connectivity index (χ4v) is 5.51. The summed E-state index contributed by atoms with van der Waals surface area (Å²) in [4.78, 5) is 12.7. The fraction of sp³-hybridized carbons (Fsp3) is 0.500. The molecule has 0 unspecified atom stereocenters. The Balaban J connectivity index is 1.62. The van der Waals surface area contributed by atoms with Crippen molar-refractivity contribution in [3.05, 3.63) is 64.2 Å². The van der Waals surface area contributed by atoms with Crippen molar-refractivity contribution in [2.45, 2.75) is 71.8 Å². The molecule has 0 aromatic heterocycles. The fourth-order valence-electron chi connectivity index (χ4n) is 4.49. The largest absolute Gasteiger partial charge is 0.349 e. The van der Waals surface area contributed by atoms with E-state index in [-0.39, 0.29) is 18.5 Å². The number of aryl methyl sites for hydroxylation is 4. The van der Waals surface area contributed by atoms with E-state index in [4.69, 9.17) is 0 Å². The number of rotatable bonds is 9. The van der Waals surface area contributed by atoms with Crippen LogP contribution in [-0.2, 0) is 27.7 Å². The van der Waals surface area contributed by atoms with Gasteiger partial charge < -0.3 is 5.32 Å². The molecular formula is C26H36N2O3S. The van der Waals surface area contributed by atoms with Gasteiger partial charge in [-0.15, -0.1) is 0 Å². The van der Waals surface area contributed by atoms with Crippen molar-refractivity contribution in [3.8, 4) is 0 Å². The standard InChI is InChI=1S/C26H36N2O3S/c1-5-24(23-15-14-21-9-6-7-10-22(21)18-23)27-26(29)11-8-16-28(32(4,30)31)25-17-19(2)12-13-20(25)3/h12-15,17-18,24H,5-11,16H2,1-4H3,(H,27,29)/t24-/m0/s1. The number of nitrogens with one attached hydrogen (secondary N) is 1. The van der Waals surface area contributed by atoms with E-state index in [1.807, 2.05) is 32.0 Å². The molecule has 32 heavy (non-hydrogen) atoms. The van der Waals surface area contributed by atoms with Gasteiger partial charge in [0.1, 0.15) is 0 Å². The van der Waals surface area contributed by atoms with Crippen LogP contribution in [0.3, 0.4) is 0 Å². The first-order valence-corrected chi connectivity index (χ1v) is 13.5. The Labute approximate surface area is 193 Å². The highest BCUT2D eigenvalue weighted by atomic mass is 32.2. The topological polar surface area (TPSA) is 66.5 Å². The van der Waals surface area contributed by atoms with Crippen LogP contribution < -0.4 is 9.62 Å². The number of carbonyl (C=O) groups is 1. The lowest BCUT2D eigenvalue weighted by Crippen LogP contribution is -2.33. The third-order valence-electron chi connectivity index (χ3n) is 6.32. The number of hydrogen-bond donors (Lipinski definition) is 1. The van der Waals surface area contributed by atoms with Gasteiger partial charge in [-0.05, 0) is 86.3 Å². The second-order valence-corrected chi connectivity index (χ2v) is 10.9. The highest BCUT2D eigenvalue weighted by molar-refractivity contribution is 7.92. The van der Waals surface area contributed by atoms with Gasteiger partial charge in [-0.2, -0.15) is 0 Å². The highest BCUT2D eigenvalue weighted by Gasteiger charge is 2.20. The van der Waals surface area contributed by atoms with Gasteiger partial charge >= 0.3 is 0 Å². The maximum atomic E-state index is 12.7. The molecular weight excluding hydrogens is 420 g/mol. The molecule has 6 heteroatoms. The molecule has 0 heterocycles. The summed E-state index contributed by atoms with van der Waals surface area (Å²) in [6.45, 7) is 6.22. The summed E-state index contributed by atoms with van der Waals surface area (Å²) in [5.41, 5.74) is 6.62. The number of fused-ring (bicyclic) bond motifs is 1. The van der Waals surface area contributed by atoms with Gasteiger partial charge in [0, 0.05) is 13.0 Å². The van der Waals surface area contributed by atoms with Crippen LogP contribution in [0.5, 0.6) is 0 Å². The molecule has 0 saturated heterocycles. The van der Waals surface area contributed by atoms with Crippen LogP contribution in [0.2, 0.25) is 0 Å². The lowest BCUT2D eigenvalue weighted by Gasteiger charge is -2.25. The molecule has 1 N–H and O–H groups in total. The number of amides is 1. The number of nitrogens with zero attached hydrogens (tertiary/aromatic N) is 1. The molecule has 0 radical (unpaired) electrons. The molecule has 174 valence electrons.